The second kappa shape index (κ2) is 7.15. The monoisotopic (exact) mass is 350 g/mol. The normalized spacial score (nSPS) is 15.3. The number of aryl methyl sites for hydroxylation is 1. The van der Waals surface area contributed by atoms with E-state index >= 15 is 0 Å². The minimum absolute atomic E-state index is 0.0616. The number of rotatable bonds is 4. The molecule has 3 aromatic heterocycles. The van der Waals surface area contributed by atoms with Gasteiger partial charge in [0, 0.05) is 37.6 Å². The molecular formula is C20H22N4O2. The van der Waals surface area contributed by atoms with Gasteiger partial charge in [0.2, 0.25) is 0 Å². The first-order valence-electron chi connectivity index (χ1n) is 8.96. The largest absolute Gasteiger partial charge is 0.469 e. The number of nitrogens with zero attached hydrogens (tertiary/aromatic N) is 4. The summed E-state index contributed by atoms with van der Waals surface area (Å²) in [4.78, 5) is 23.5. The quantitative estimate of drug-likeness (QED) is 0.724. The molecule has 0 atom stereocenters. The second-order valence-electron chi connectivity index (χ2n) is 6.69. The van der Waals surface area contributed by atoms with Crippen molar-refractivity contribution in [3.8, 4) is 0 Å². The number of carbonyl (C=O) groups is 1. The molecule has 1 amide bonds. The number of aromatic nitrogens is 3. The first-order chi connectivity index (χ1) is 12.7. The van der Waals surface area contributed by atoms with Gasteiger partial charge in [0.05, 0.1) is 24.1 Å². The number of hydrogen-bond donors (Lipinski definition) is 0. The molecule has 0 bridgehead atoms. The molecule has 1 fully saturated rings. The third kappa shape index (κ3) is 3.27. The summed E-state index contributed by atoms with van der Waals surface area (Å²) >= 11 is 0. The summed E-state index contributed by atoms with van der Waals surface area (Å²) in [6.07, 6.45) is 9.09. The Morgan fingerprint density at radius 2 is 2.04 bits per heavy atom. The molecule has 6 heteroatoms. The van der Waals surface area contributed by atoms with Crippen LogP contribution in [0.15, 0.2) is 53.5 Å². The van der Waals surface area contributed by atoms with Crippen molar-refractivity contribution in [1.29, 1.82) is 0 Å². The summed E-state index contributed by atoms with van der Waals surface area (Å²) in [6.45, 7) is 4.03. The summed E-state index contributed by atoms with van der Waals surface area (Å²) in [5.74, 6) is 2.19. The van der Waals surface area contributed by atoms with E-state index < -0.39 is 0 Å². The van der Waals surface area contributed by atoms with E-state index in [1.54, 1.807) is 12.3 Å². The van der Waals surface area contributed by atoms with E-state index in [1.807, 2.05) is 48.6 Å². The molecule has 0 unspecified atom stereocenters. The maximum atomic E-state index is 12.6. The molecule has 3 aromatic rings. The van der Waals surface area contributed by atoms with Gasteiger partial charge in [-0.05, 0) is 38.0 Å². The summed E-state index contributed by atoms with van der Waals surface area (Å²) in [5, 5.41) is 0. The molecule has 1 aliphatic rings. The third-order valence-electron chi connectivity index (χ3n) is 5.04. The zero-order chi connectivity index (χ0) is 17.9. The topological polar surface area (TPSA) is 64.2 Å². The summed E-state index contributed by atoms with van der Waals surface area (Å²) in [5.41, 5.74) is 1.69. The number of pyridine rings is 1. The molecule has 0 aliphatic carbocycles. The van der Waals surface area contributed by atoms with E-state index in [9.17, 15) is 4.79 Å². The minimum atomic E-state index is 0.0616. The lowest BCUT2D eigenvalue weighted by Gasteiger charge is -2.31. The molecule has 1 aliphatic heterocycles. The Bertz CT molecular complexity index is 876. The van der Waals surface area contributed by atoms with Crippen LogP contribution in [0.4, 0.5) is 0 Å². The van der Waals surface area contributed by atoms with Crippen LogP contribution in [0.1, 0.15) is 46.4 Å². The Balaban J connectivity index is 1.42. The molecule has 0 N–H and O–H groups in total. The van der Waals surface area contributed by atoms with Crippen LogP contribution in [0.25, 0.3) is 0 Å². The standard InChI is InChI=1S/C20H22N4O2/c1-15-18(7-13-26-15)20(25)23-10-5-16(6-11-23)19-22-9-12-24(19)14-17-4-2-3-8-21-17/h2-4,7-9,12-13,16H,5-6,10-11,14H2,1H3. The number of amides is 1. The maximum Gasteiger partial charge on any atom is 0.257 e. The van der Waals surface area contributed by atoms with Crippen LogP contribution in [-0.2, 0) is 6.54 Å². The zero-order valence-corrected chi connectivity index (χ0v) is 14.8. The lowest BCUT2D eigenvalue weighted by atomic mass is 9.95. The molecule has 1 saturated heterocycles. The van der Waals surface area contributed by atoms with Crippen molar-refractivity contribution in [2.24, 2.45) is 0 Å². The van der Waals surface area contributed by atoms with Crippen LogP contribution in [0.5, 0.6) is 0 Å². The lowest BCUT2D eigenvalue weighted by Crippen LogP contribution is -2.38. The predicted octanol–water partition coefficient (Wildman–Crippen LogP) is 3.25. The van der Waals surface area contributed by atoms with Crippen molar-refractivity contribution in [1.82, 2.24) is 19.4 Å². The lowest BCUT2D eigenvalue weighted by molar-refractivity contribution is 0.0708. The Kier molecular flexibility index (Phi) is 4.56. The Labute approximate surface area is 152 Å². The van der Waals surface area contributed by atoms with Crippen LogP contribution in [0, 0.1) is 6.92 Å². The van der Waals surface area contributed by atoms with Crippen molar-refractivity contribution in [3.63, 3.8) is 0 Å². The van der Waals surface area contributed by atoms with Gasteiger partial charge in [0.15, 0.2) is 0 Å². The highest BCUT2D eigenvalue weighted by Crippen LogP contribution is 2.28. The van der Waals surface area contributed by atoms with E-state index in [-0.39, 0.29) is 5.91 Å². The van der Waals surface area contributed by atoms with Crippen molar-refractivity contribution in [2.45, 2.75) is 32.2 Å². The van der Waals surface area contributed by atoms with Gasteiger partial charge in [0.1, 0.15) is 11.6 Å². The van der Waals surface area contributed by atoms with Gasteiger partial charge >= 0.3 is 0 Å². The Morgan fingerprint density at radius 3 is 2.73 bits per heavy atom. The second-order valence-corrected chi connectivity index (χ2v) is 6.69. The van der Waals surface area contributed by atoms with E-state index in [0.717, 1.165) is 44.0 Å². The SMILES string of the molecule is Cc1occc1C(=O)N1CCC(c2nccn2Cc2ccccn2)CC1. The average molecular weight is 350 g/mol. The number of carbonyl (C=O) groups excluding carboxylic acids is 1. The first kappa shape index (κ1) is 16.6. The number of likely N-dealkylation sites (tertiary alicyclic amines) is 1. The van der Waals surface area contributed by atoms with Crippen molar-refractivity contribution in [2.75, 3.05) is 13.1 Å². The van der Waals surface area contributed by atoms with Crippen LogP contribution in [-0.4, -0.2) is 38.4 Å². The van der Waals surface area contributed by atoms with Crippen LogP contribution >= 0.6 is 0 Å². The van der Waals surface area contributed by atoms with E-state index in [0.29, 0.717) is 17.2 Å². The minimum Gasteiger partial charge on any atom is -0.469 e. The maximum absolute atomic E-state index is 12.6. The molecule has 134 valence electrons. The molecular weight excluding hydrogens is 328 g/mol. The summed E-state index contributed by atoms with van der Waals surface area (Å²) in [7, 11) is 0. The van der Waals surface area contributed by atoms with Gasteiger partial charge in [-0.3, -0.25) is 9.78 Å². The van der Waals surface area contributed by atoms with Gasteiger partial charge in [-0.15, -0.1) is 0 Å². The fourth-order valence-electron chi connectivity index (χ4n) is 3.60. The fraction of sp³-hybridized carbons (Fsp3) is 0.350. The highest BCUT2D eigenvalue weighted by atomic mass is 16.3. The summed E-state index contributed by atoms with van der Waals surface area (Å²) < 4.78 is 7.43. The third-order valence-corrected chi connectivity index (χ3v) is 5.04. The molecule has 0 spiro atoms. The van der Waals surface area contributed by atoms with Gasteiger partial charge in [0.25, 0.3) is 5.91 Å². The molecule has 0 aromatic carbocycles. The highest BCUT2D eigenvalue weighted by Gasteiger charge is 2.28. The summed E-state index contributed by atoms with van der Waals surface area (Å²) in [6, 6.07) is 7.70. The van der Waals surface area contributed by atoms with E-state index in [2.05, 4.69) is 14.5 Å². The average Bonchev–Trinajstić information content (AvgIpc) is 3.31. The molecule has 4 rings (SSSR count). The van der Waals surface area contributed by atoms with Crippen molar-refractivity contribution < 1.29 is 9.21 Å². The van der Waals surface area contributed by atoms with Crippen LogP contribution < -0.4 is 0 Å². The van der Waals surface area contributed by atoms with Gasteiger partial charge in [-0.2, -0.15) is 0 Å². The molecule has 26 heavy (non-hydrogen) atoms. The number of furan rings is 1. The number of piperidine rings is 1. The highest BCUT2D eigenvalue weighted by molar-refractivity contribution is 5.95. The fourth-order valence-corrected chi connectivity index (χ4v) is 3.60. The van der Waals surface area contributed by atoms with Gasteiger partial charge in [-0.1, -0.05) is 6.07 Å². The zero-order valence-electron chi connectivity index (χ0n) is 14.8. The molecule has 0 saturated carbocycles. The molecule has 4 heterocycles. The van der Waals surface area contributed by atoms with Crippen LogP contribution in [0.2, 0.25) is 0 Å². The van der Waals surface area contributed by atoms with Crippen molar-refractivity contribution in [3.05, 3.63) is 72.0 Å². The van der Waals surface area contributed by atoms with Crippen LogP contribution in [0.3, 0.4) is 0 Å². The Morgan fingerprint density at radius 1 is 1.19 bits per heavy atom. The molecule has 0 radical (unpaired) electrons. The predicted molar refractivity (Wildman–Crippen MR) is 96.9 cm³/mol. The van der Waals surface area contributed by atoms with Crippen molar-refractivity contribution >= 4 is 5.91 Å². The van der Waals surface area contributed by atoms with E-state index in [1.165, 1.54) is 0 Å². The number of imidazole rings is 1. The smallest absolute Gasteiger partial charge is 0.257 e. The van der Waals surface area contributed by atoms with Gasteiger partial charge < -0.3 is 13.9 Å². The number of hydrogen-bond acceptors (Lipinski definition) is 4. The van der Waals surface area contributed by atoms with Gasteiger partial charge in [-0.25, -0.2) is 4.98 Å². The first-order valence-corrected chi connectivity index (χ1v) is 8.96. The van der Waals surface area contributed by atoms with E-state index in [4.69, 9.17) is 4.42 Å². The Hall–Kier alpha value is -2.89. The molecule has 6 nitrogen and oxygen atoms in total.